The third-order valence-electron chi connectivity index (χ3n) is 3.23. The Hall–Kier alpha value is -1.94. The third-order valence-corrected chi connectivity index (χ3v) is 3.23. The lowest BCUT2D eigenvalue weighted by atomic mass is 10.1. The summed E-state index contributed by atoms with van der Waals surface area (Å²) in [4.78, 5) is 1.95. The van der Waals surface area contributed by atoms with Gasteiger partial charge >= 0.3 is 0 Å². The zero-order chi connectivity index (χ0) is 14.5. The van der Waals surface area contributed by atoms with E-state index in [0.717, 1.165) is 11.4 Å². The van der Waals surface area contributed by atoms with Crippen molar-refractivity contribution in [1.82, 2.24) is 0 Å². The molecule has 2 aromatic carbocycles. The summed E-state index contributed by atoms with van der Waals surface area (Å²) < 4.78 is 27.0. The topological polar surface area (TPSA) is 29.3 Å². The maximum Gasteiger partial charge on any atom is 0.128 e. The van der Waals surface area contributed by atoms with Gasteiger partial charge in [0.05, 0.1) is 0 Å². The van der Waals surface area contributed by atoms with E-state index in [2.05, 4.69) is 0 Å². The van der Waals surface area contributed by atoms with Crippen LogP contribution in [0.4, 0.5) is 20.2 Å². The quantitative estimate of drug-likeness (QED) is 0.903. The number of nitrogens with two attached hydrogens (primary N) is 1. The minimum absolute atomic E-state index is 0.256. The molecule has 0 saturated heterocycles. The van der Waals surface area contributed by atoms with Crippen molar-refractivity contribution in [1.29, 1.82) is 0 Å². The van der Waals surface area contributed by atoms with Gasteiger partial charge in [-0.3, -0.25) is 0 Å². The number of hydrogen-bond acceptors (Lipinski definition) is 2. The number of anilines is 2. The van der Waals surface area contributed by atoms with Crippen molar-refractivity contribution in [2.24, 2.45) is 5.73 Å². The molecule has 20 heavy (non-hydrogen) atoms. The Morgan fingerprint density at radius 2 is 1.75 bits per heavy atom. The van der Waals surface area contributed by atoms with Gasteiger partial charge in [-0.2, -0.15) is 0 Å². The van der Waals surface area contributed by atoms with E-state index in [1.54, 1.807) is 18.2 Å². The van der Waals surface area contributed by atoms with Crippen LogP contribution < -0.4 is 10.6 Å². The molecule has 0 spiro atoms. The van der Waals surface area contributed by atoms with E-state index in [9.17, 15) is 8.78 Å². The summed E-state index contributed by atoms with van der Waals surface area (Å²) in [5.41, 5.74) is 7.78. The molecule has 2 N–H and O–H groups in total. The lowest BCUT2D eigenvalue weighted by Crippen LogP contribution is -2.19. The molecule has 0 bridgehead atoms. The largest absolute Gasteiger partial charge is 0.341 e. The molecule has 106 valence electrons. The second kappa shape index (κ2) is 6.48. The highest BCUT2D eigenvalue weighted by molar-refractivity contribution is 5.66. The second-order valence-corrected chi connectivity index (χ2v) is 4.50. The Morgan fingerprint density at radius 1 is 1.05 bits per heavy atom. The van der Waals surface area contributed by atoms with Crippen LogP contribution in [-0.4, -0.2) is 13.1 Å². The fourth-order valence-electron chi connectivity index (χ4n) is 2.31. The normalized spacial score (nSPS) is 10.6. The number of nitrogens with zero attached hydrogens (tertiary/aromatic N) is 1. The highest BCUT2D eigenvalue weighted by atomic mass is 19.1. The molecule has 0 aromatic heterocycles. The minimum atomic E-state index is -0.286. The maximum atomic E-state index is 14.0. The van der Waals surface area contributed by atoms with Crippen molar-refractivity contribution in [3.8, 4) is 0 Å². The summed E-state index contributed by atoms with van der Waals surface area (Å²) in [5, 5.41) is 0. The first kappa shape index (κ1) is 14.5. The predicted octanol–water partition coefficient (Wildman–Crippen LogP) is 3.62. The highest BCUT2D eigenvalue weighted by Gasteiger charge is 2.14. The molecule has 0 fully saturated rings. The van der Waals surface area contributed by atoms with Crippen LogP contribution in [0.2, 0.25) is 0 Å². The predicted molar refractivity (Wildman–Crippen MR) is 78.2 cm³/mol. The second-order valence-electron chi connectivity index (χ2n) is 4.50. The van der Waals surface area contributed by atoms with Crippen LogP contribution in [0.25, 0.3) is 0 Å². The molecule has 0 amide bonds. The number of halogens is 2. The van der Waals surface area contributed by atoms with Crippen molar-refractivity contribution in [3.05, 3.63) is 59.7 Å². The summed E-state index contributed by atoms with van der Waals surface area (Å²) in [5.74, 6) is -0.542. The first-order valence-electron chi connectivity index (χ1n) is 6.68. The van der Waals surface area contributed by atoms with Crippen LogP contribution in [0.15, 0.2) is 42.5 Å². The van der Waals surface area contributed by atoms with Gasteiger partial charge in [0.25, 0.3) is 0 Å². The van der Waals surface area contributed by atoms with E-state index < -0.39 is 0 Å². The zero-order valence-corrected chi connectivity index (χ0v) is 11.4. The van der Waals surface area contributed by atoms with Crippen molar-refractivity contribution in [2.45, 2.75) is 13.3 Å². The fourth-order valence-corrected chi connectivity index (χ4v) is 2.31. The summed E-state index contributed by atoms with van der Waals surface area (Å²) in [6.45, 7) is 3.02. The van der Waals surface area contributed by atoms with E-state index in [0.29, 0.717) is 25.1 Å². The maximum absolute atomic E-state index is 14.0. The van der Waals surface area contributed by atoms with Gasteiger partial charge in [0.2, 0.25) is 0 Å². The van der Waals surface area contributed by atoms with E-state index in [-0.39, 0.29) is 11.6 Å². The van der Waals surface area contributed by atoms with Crippen LogP contribution in [0.5, 0.6) is 0 Å². The molecule has 0 atom stereocenters. The van der Waals surface area contributed by atoms with Gasteiger partial charge in [0.15, 0.2) is 0 Å². The molecule has 0 radical (unpaired) electrons. The molecule has 2 aromatic rings. The molecule has 0 aliphatic heterocycles. The third kappa shape index (κ3) is 2.96. The van der Waals surface area contributed by atoms with E-state index in [1.165, 1.54) is 18.2 Å². The van der Waals surface area contributed by atoms with Crippen LogP contribution >= 0.6 is 0 Å². The van der Waals surface area contributed by atoms with Crippen molar-refractivity contribution in [3.63, 3.8) is 0 Å². The Morgan fingerprint density at radius 3 is 2.35 bits per heavy atom. The molecule has 0 unspecified atom stereocenters. The number of hydrogen-bond donors (Lipinski definition) is 1. The Labute approximate surface area is 117 Å². The minimum Gasteiger partial charge on any atom is -0.341 e. The van der Waals surface area contributed by atoms with Crippen molar-refractivity contribution >= 4 is 11.4 Å². The smallest absolute Gasteiger partial charge is 0.128 e. The van der Waals surface area contributed by atoms with Gasteiger partial charge in [-0.25, -0.2) is 8.78 Å². The van der Waals surface area contributed by atoms with Crippen molar-refractivity contribution < 1.29 is 8.78 Å². The fraction of sp³-hybridized carbons (Fsp3) is 0.250. The zero-order valence-electron chi connectivity index (χ0n) is 11.4. The molecule has 0 saturated carbocycles. The van der Waals surface area contributed by atoms with E-state index >= 15 is 0 Å². The van der Waals surface area contributed by atoms with Crippen LogP contribution in [0.3, 0.4) is 0 Å². The SMILES string of the molecule is CCN(c1ccc(F)cc1)c1cccc(F)c1CCN. The average Bonchev–Trinajstić information content (AvgIpc) is 2.45. The Kier molecular flexibility index (Phi) is 4.69. The Bertz CT molecular complexity index is 567. The standard InChI is InChI=1S/C16H18F2N2/c1-2-20(13-8-6-12(17)7-9-13)16-5-3-4-15(18)14(16)10-11-19/h3-9H,2,10-11,19H2,1H3. The molecule has 4 heteroatoms. The van der Waals surface area contributed by atoms with Crippen LogP contribution in [0.1, 0.15) is 12.5 Å². The van der Waals surface area contributed by atoms with Gasteiger partial charge in [0, 0.05) is 23.5 Å². The van der Waals surface area contributed by atoms with Crippen molar-refractivity contribution in [2.75, 3.05) is 18.0 Å². The average molecular weight is 276 g/mol. The van der Waals surface area contributed by atoms with Gasteiger partial charge < -0.3 is 10.6 Å². The van der Waals surface area contributed by atoms with Crippen LogP contribution in [-0.2, 0) is 6.42 Å². The molecular weight excluding hydrogens is 258 g/mol. The summed E-state index contributed by atoms with van der Waals surface area (Å²) >= 11 is 0. The molecule has 0 aliphatic carbocycles. The summed E-state index contributed by atoms with van der Waals surface area (Å²) in [7, 11) is 0. The monoisotopic (exact) mass is 276 g/mol. The lowest BCUT2D eigenvalue weighted by Gasteiger charge is -2.26. The molecular formula is C16H18F2N2. The van der Waals surface area contributed by atoms with Gasteiger partial charge in [-0.15, -0.1) is 0 Å². The van der Waals surface area contributed by atoms with Gasteiger partial charge in [0.1, 0.15) is 11.6 Å². The molecule has 2 rings (SSSR count). The van der Waals surface area contributed by atoms with E-state index in [4.69, 9.17) is 5.73 Å². The molecule has 2 nitrogen and oxygen atoms in total. The first-order chi connectivity index (χ1) is 9.67. The molecule has 0 heterocycles. The lowest BCUT2D eigenvalue weighted by molar-refractivity contribution is 0.609. The van der Waals surface area contributed by atoms with Gasteiger partial charge in [-0.1, -0.05) is 6.07 Å². The highest BCUT2D eigenvalue weighted by Crippen LogP contribution is 2.30. The summed E-state index contributed by atoms with van der Waals surface area (Å²) in [6.07, 6.45) is 0.472. The Balaban J connectivity index is 2.46. The van der Waals surface area contributed by atoms with Gasteiger partial charge in [-0.05, 0) is 56.3 Å². The number of benzene rings is 2. The van der Waals surface area contributed by atoms with Crippen LogP contribution in [0, 0.1) is 11.6 Å². The number of rotatable bonds is 5. The summed E-state index contributed by atoms with van der Waals surface area (Å²) in [6, 6.07) is 11.2. The first-order valence-corrected chi connectivity index (χ1v) is 6.68. The molecule has 0 aliphatic rings. The van der Waals surface area contributed by atoms with E-state index in [1.807, 2.05) is 17.9 Å².